The Morgan fingerprint density at radius 3 is 2.55 bits per heavy atom. The minimum absolute atomic E-state index is 0.00541. The number of hydrogen-bond donors (Lipinski definition) is 0. The molecule has 1 aromatic rings. The van der Waals surface area contributed by atoms with E-state index < -0.39 is 47.8 Å². The summed E-state index contributed by atoms with van der Waals surface area (Å²) in [6, 6.07) is 8.64. The van der Waals surface area contributed by atoms with Gasteiger partial charge in [0.2, 0.25) is 0 Å². The number of hydrogen-bond acceptors (Lipinski definition) is 5. The maximum absolute atomic E-state index is 14.7. The number of ether oxygens (including phenoxy) is 2. The molecule has 7 nitrogen and oxygen atoms in total. The molecule has 3 rings (SSSR count). The van der Waals surface area contributed by atoms with Gasteiger partial charge in [0, 0.05) is 18.2 Å². The molecule has 2 fully saturated rings. The number of imide groups is 1. The third-order valence-corrected chi connectivity index (χ3v) is 4.97. The van der Waals surface area contributed by atoms with Crippen molar-refractivity contribution in [3.8, 4) is 0 Å². The van der Waals surface area contributed by atoms with Gasteiger partial charge in [0.15, 0.2) is 0 Å². The number of rotatable bonds is 3. The molecule has 0 radical (unpaired) electrons. The topological polar surface area (TPSA) is 76.2 Å². The van der Waals surface area contributed by atoms with Crippen LogP contribution in [0.1, 0.15) is 32.8 Å². The van der Waals surface area contributed by atoms with Crippen molar-refractivity contribution in [3.63, 3.8) is 0 Å². The van der Waals surface area contributed by atoms with Gasteiger partial charge in [-0.25, -0.2) is 14.5 Å². The van der Waals surface area contributed by atoms with Gasteiger partial charge in [0.25, 0.3) is 11.8 Å². The second-order valence-electron chi connectivity index (χ2n) is 8.65. The summed E-state index contributed by atoms with van der Waals surface area (Å²) in [4.78, 5) is 38.7. The van der Waals surface area contributed by atoms with E-state index in [2.05, 4.69) is 0 Å². The van der Waals surface area contributed by atoms with Crippen molar-refractivity contribution in [2.24, 2.45) is 0 Å². The maximum atomic E-state index is 14.7. The van der Waals surface area contributed by atoms with E-state index >= 15 is 0 Å². The van der Waals surface area contributed by atoms with Crippen molar-refractivity contribution in [1.82, 2.24) is 9.80 Å². The molecule has 0 saturated carbocycles. The average Bonchev–Trinajstić information content (AvgIpc) is 3.02. The average molecular weight is 436 g/mol. The molecule has 168 valence electrons. The smallest absolute Gasteiger partial charge is 0.417 e. The predicted octanol–water partition coefficient (Wildman–Crippen LogP) is 3.78. The first-order chi connectivity index (χ1) is 14.5. The van der Waals surface area contributed by atoms with Crippen LogP contribution < -0.4 is 0 Å². The van der Waals surface area contributed by atoms with Gasteiger partial charge in [0.05, 0.1) is 12.6 Å². The molecule has 2 aliphatic rings. The van der Waals surface area contributed by atoms with Crippen molar-refractivity contribution >= 4 is 18.1 Å². The zero-order valence-corrected chi connectivity index (χ0v) is 17.8. The monoisotopic (exact) mass is 436 g/mol. The Morgan fingerprint density at radius 1 is 1.26 bits per heavy atom. The molecule has 0 aliphatic carbocycles. The molecule has 9 heteroatoms. The molecular formula is C22H26F2N2O5. The van der Waals surface area contributed by atoms with Crippen LogP contribution in [0, 0.1) is 0 Å². The lowest BCUT2D eigenvalue weighted by Gasteiger charge is -2.35. The van der Waals surface area contributed by atoms with E-state index in [1.165, 1.54) is 0 Å². The van der Waals surface area contributed by atoms with Gasteiger partial charge in [-0.1, -0.05) is 30.3 Å². The van der Waals surface area contributed by atoms with Gasteiger partial charge < -0.3 is 14.4 Å². The molecular weight excluding hydrogens is 410 g/mol. The predicted molar refractivity (Wildman–Crippen MR) is 108 cm³/mol. The number of cyclic esters (lactones) is 1. The number of amides is 3. The number of nitrogens with zero attached hydrogens (tertiary/aromatic N) is 2. The van der Waals surface area contributed by atoms with Gasteiger partial charge in [-0.3, -0.25) is 4.79 Å². The van der Waals surface area contributed by atoms with Gasteiger partial charge >= 0.3 is 12.2 Å². The first-order valence-corrected chi connectivity index (χ1v) is 10.1. The van der Waals surface area contributed by atoms with E-state index in [1.807, 2.05) is 30.3 Å². The van der Waals surface area contributed by atoms with E-state index in [0.29, 0.717) is 6.42 Å². The highest BCUT2D eigenvalue weighted by atomic mass is 19.3. The summed E-state index contributed by atoms with van der Waals surface area (Å²) in [6.07, 6.45) is -0.716. The molecule has 0 bridgehead atoms. The third-order valence-electron chi connectivity index (χ3n) is 4.97. The summed E-state index contributed by atoms with van der Waals surface area (Å²) in [5.74, 6) is -4.26. The summed E-state index contributed by atoms with van der Waals surface area (Å²) < 4.78 is 39.5. The number of piperidine rings is 1. The van der Waals surface area contributed by atoms with Gasteiger partial charge in [-0.15, -0.1) is 0 Å². The highest BCUT2D eigenvalue weighted by Crippen LogP contribution is 2.33. The van der Waals surface area contributed by atoms with E-state index in [0.717, 1.165) is 21.4 Å². The van der Waals surface area contributed by atoms with Crippen LogP contribution in [0.5, 0.6) is 0 Å². The van der Waals surface area contributed by atoms with Crippen LogP contribution in [-0.4, -0.2) is 65.2 Å². The molecule has 2 aliphatic heterocycles. The number of likely N-dealkylation sites (tertiary alicyclic amines) is 1. The van der Waals surface area contributed by atoms with Crippen LogP contribution in [0.15, 0.2) is 42.0 Å². The molecule has 2 saturated heterocycles. The zero-order valence-electron chi connectivity index (χ0n) is 17.8. The van der Waals surface area contributed by atoms with Crippen LogP contribution in [0.2, 0.25) is 0 Å². The number of alkyl halides is 2. The Hall–Kier alpha value is -2.97. The Bertz CT molecular complexity index is 880. The van der Waals surface area contributed by atoms with Crippen molar-refractivity contribution in [3.05, 3.63) is 47.5 Å². The lowest BCUT2D eigenvalue weighted by atomic mass is 9.99. The van der Waals surface area contributed by atoms with Gasteiger partial charge in [-0.2, -0.15) is 8.78 Å². The van der Waals surface area contributed by atoms with E-state index in [1.54, 1.807) is 20.8 Å². The fraction of sp³-hybridized carbons (Fsp3) is 0.500. The number of halogens is 2. The number of benzene rings is 1. The zero-order chi connectivity index (χ0) is 22.8. The Balaban J connectivity index is 1.71. The SMILES string of the molecule is CC(C)(C)OC(=O)N1CCC(=CC(=O)N2C(=O)OC[C@H]2Cc2ccccc2)C(F)(F)C1. The van der Waals surface area contributed by atoms with Crippen LogP contribution in [0.4, 0.5) is 18.4 Å². The fourth-order valence-electron chi connectivity index (χ4n) is 3.50. The lowest BCUT2D eigenvalue weighted by molar-refractivity contribution is -0.124. The Labute approximate surface area is 179 Å². The van der Waals surface area contributed by atoms with Gasteiger partial charge in [-0.05, 0) is 39.2 Å². The van der Waals surface area contributed by atoms with E-state index in [4.69, 9.17) is 9.47 Å². The highest BCUT2D eigenvalue weighted by molar-refractivity contribution is 6.00. The second-order valence-corrected chi connectivity index (χ2v) is 8.65. The Kier molecular flexibility index (Phi) is 6.33. The van der Waals surface area contributed by atoms with Crippen LogP contribution in [-0.2, 0) is 20.7 Å². The lowest BCUT2D eigenvalue weighted by Crippen LogP contribution is -2.49. The summed E-state index contributed by atoms with van der Waals surface area (Å²) in [6.45, 7) is 4.06. The number of carbonyl (C=O) groups excluding carboxylic acids is 3. The van der Waals surface area contributed by atoms with E-state index in [9.17, 15) is 23.2 Å². The molecule has 0 aromatic heterocycles. The molecule has 2 heterocycles. The summed E-state index contributed by atoms with van der Waals surface area (Å²) >= 11 is 0. The maximum Gasteiger partial charge on any atom is 0.417 e. The van der Waals surface area contributed by atoms with Gasteiger partial charge in [0.1, 0.15) is 12.2 Å². The van der Waals surface area contributed by atoms with Crippen molar-refractivity contribution in [2.45, 2.75) is 51.2 Å². The molecule has 1 atom stereocenters. The summed E-state index contributed by atoms with van der Waals surface area (Å²) in [5, 5.41) is 0. The molecule has 1 aromatic carbocycles. The summed E-state index contributed by atoms with van der Waals surface area (Å²) in [5.41, 5.74) is -0.328. The fourth-order valence-corrected chi connectivity index (χ4v) is 3.50. The third kappa shape index (κ3) is 5.59. The standard InChI is InChI=1S/C22H26F2N2O5/c1-21(2,3)31-19(28)25-10-9-16(22(23,24)14-25)12-18(27)26-17(13-30-20(26)29)11-15-7-5-4-6-8-15/h4-8,12,17H,9-11,13-14H2,1-3H3/t17-/m1/s1. The minimum atomic E-state index is -3.41. The second kappa shape index (κ2) is 8.64. The minimum Gasteiger partial charge on any atom is -0.447 e. The molecule has 0 spiro atoms. The molecule has 3 amide bonds. The highest BCUT2D eigenvalue weighted by Gasteiger charge is 2.44. The van der Waals surface area contributed by atoms with Crippen molar-refractivity contribution in [1.29, 1.82) is 0 Å². The van der Waals surface area contributed by atoms with Crippen LogP contribution in [0.25, 0.3) is 0 Å². The normalized spacial score (nSPS) is 22.4. The first kappa shape index (κ1) is 22.7. The van der Waals surface area contributed by atoms with Crippen molar-refractivity contribution < 1.29 is 32.6 Å². The molecule has 0 N–H and O–H groups in total. The Morgan fingerprint density at radius 2 is 1.94 bits per heavy atom. The van der Waals surface area contributed by atoms with Crippen molar-refractivity contribution in [2.75, 3.05) is 19.7 Å². The van der Waals surface area contributed by atoms with Crippen LogP contribution >= 0.6 is 0 Å². The number of carbonyl (C=O) groups is 3. The van der Waals surface area contributed by atoms with Crippen LogP contribution in [0.3, 0.4) is 0 Å². The van der Waals surface area contributed by atoms with E-state index in [-0.39, 0.29) is 19.6 Å². The first-order valence-electron chi connectivity index (χ1n) is 10.1. The summed E-state index contributed by atoms with van der Waals surface area (Å²) in [7, 11) is 0. The molecule has 0 unspecified atom stereocenters. The largest absolute Gasteiger partial charge is 0.447 e. The quantitative estimate of drug-likeness (QED) is 0.674. The molecule has 31 heavy (non-hydrogen) atoms.